The van der Waals surface area contributed by atoms with Gasteiger partial charge in [-0.15, -0.1) is 24.0 Å². The monoisotopic (exact) mass is 423 g/mol. The van der Waals surface area contributed by atoms with E-state index in [0.29, 0.717) is 18.3 Å². The van der Waals surface area contributed by atoms with Crippen LogP contribution in [0.3, 0.4) is 0 Å². The molecular weight excluding hydrogens is 401 g/mol. The number of nitrogens with two attached hydrogens (primary N) is 1. The Hall–Kier alpha value is -0.830. The number of benzene rings is 1. The third-order valence-corrected chi connectivity index (χ3v) is 4.17. The molecule has 0 aromatic heterocycles. The second-order valence-electron chi connectivity index (χ2n) is 4.43. The van der Waals surface area contributed by atoms with E-state index in [1.165, 1.54) is 0 Å². The van der Waals surface area contributed by atoms with E-state index in [0.717, 1.165) is 35.9 Å². The fraction of sp³-hybridized carbons (Fsp3) is 0.500. The molecule has 0 bridgehead atoms. The van der Waals surface area contributed by atoms with Gasteiger partial charge in [0.15, 0.2) is 17.5 Å². The number of hydrogen-bond acceptors (Lipinski definition) is 4. The Morgan fingerprint density at radius 2 is 2.00 bits per heavy atom. The van der Waals surface area contributed by atoms with Crippen molar-refractivity contribution in [3.8, 4) is 11.5 Å². The van der Waals surface area contributed by atoms with Crippen LogP contribution in [0, 0.1) is 0 Å². The highest BCUT2D eigenvalue weighted by molar-refractivity contribution is 14.0. The summed E-state index contributed by atoms with van der Waals surface area (Å²) in [4.78, 5) is 6.61. The first kappa shape index (κ1) is 18.2. The molecule has 0 saturated carbocycles. The lowest BCUT2D eigenvalue weighted by molar-refractivity contribution is 0.351. The largest absolute Gasteiger partial charge is 0.493 e. The van der Waals surface area contributed by atoms with Gasteiger partial charge < -0.3 is 20.1 Å². The summed E-state index contributed by atoms with van der Waals surface area (Å²) >= 11 is 1.95. The number of methoxy groups -OCH3 is 2. The molecule has 1 aliphatic rings. The van der Waals surface area contributed by atoms with Crippen molar-refractivity contribution in [3.05, 3.63) is 23.8 Å². The quantitative estimate of drug-likeness (QED) is 0.457. The van der Waals surface area contributed by atoms with Crippen molar-refractivity contribution < 1.29 is 9.47 Å². The summed E-state index contributed by atoms with van der Waals surface area (Å²) in [6.07, 6.45) is 0. The van der Waals surface area contributed by atoms with E-state index in [-0.39, 0.29) is 24.0 Å². The molecule has 1 fully saturated rings. The minimum Gasteiger partial charge on any atom is -0.493 e. The SMILES string of the molecule is COc1cccc(CN=C(N)N2CCSCC2)c1OC.I. The van der Waals surface area contributed by atoms with E-state index in [1.807, 2.05) is 30.0 Å². The normalized spacial score (nSPS) is 15.3. The van der Waals surface area contributed by atoms with Crippen LogP contribution in [0.2, 0.25) is 0 Å². The van der Waals surface area contributed by atoms with E-state index in [9.17, 15) is 0 Å². The smallest absolute Gasteiger partial charge is 0.191 e. The number of ether oxygens (including phenoxy) is 2. The minimum atomic E-state index is 0. The van der Waals surface area contributed by atoms with E-state index in [4.69, 9.17) is 15.2 Å². The highest BCUT2D eigenvalue weighted by Gasteiger charge is 2.13. The molecule has 1 aliphatic heterocycles. The van der Waals surface area contributed by atoms with Gasteiger partial charge in [-0.25, -0.2) is 4.99 Å². The molecule has 0 spiro atoms. The fourth-order valence-corrected chi connectivity index (χ4v) is 3.04. The van der Waals surface area contributed by atoms with Crippen LogP contribution in [0.1, 0.15) is 5.56 Å². The Balaban J connectivity index is 0.00000220. The van der Waals surface area contributed by atoms with E-state index in [1.54, 1.807) is 14.2 Å². The van der Waals surface area contributed by atoms with Crippen molar-refractivity contribution >= 4 is 41.7 Å². The number of aliphatic imine (C=N–C) groups is 1. The predicted octanol–water partition coefficient (Wildman–Crippen LogP) is 2.19. The number of para-hydroxylation sites is 1. The zero-order valence-corrected chi connectivity index (χ0v) is 15.5. The van der Waals surface area contributed by atoms with Crippen LogP contribution >= 0.6 is 35.7 Å². The average Bonchev–Trinajstić information content (AvgIpc) is 2.52. The number of thioether (sulfide) groups is 1. The summed E-state index contributed by atoms with van der Waals surface area (Å²) in [5.41, 5.74) is 7.03. The topological polar surface area (TPSA) is 60.1 Å². The van der Waals surface area contributed by atoms with Gasteiger partial charge in [0.05, 0.1) is 20.8 Å². The van der Waals surface area contributed by atoms with Gasteiger partial charge in [-0.2, -0.15) is 11.8 Å². The third-order valence-electron chi connectivity index (χ3n) is 3.23. The zero-order valence-electron chi connectivity index (χ0n) is 12.4. The number of nitrogens with zero attached hydrogens (tertiary/aromatic N) is 2. The van der Waals surface area contributed by atoms with Crippen LogP contribution in [-0.4, -0.2) is 49.7 Å². The van der Waals surface area contributed by atoms with Gasteiger partial charge in [0, 0.05) is 30.2 Å². The molecule has 0 aliphatic carbocycles. The molecule has 2 rings (SSSR count). The van der Waals surface area contributed by atoms with Crippen molar-refractivity contribution in [2.75, 3.05) is 38.8 Å². The molecule has 21 heavy (non-hydrogen) atoms. The molecule has 1 aromatic carbocycles. The van der Waals surface area contributed by atoms with Crippen LogP contribution in [0.15, 0.2) is 23.2 Å². The molecule has 2 N–H and O–H groups in total. The van der Waals surface area contributed by atoms with Crippen LogP contribution in [0.4, 0.5) is 0 Å². The summed E-state index contributed by atoms with van der Waals surface area (Å²) in [7, 11) is 3.26. The zero-order chi connectivity index (χ0) is 14.4. The molecule has 0 amide bonds. The van der Waals surface area contributed by atoms with E-state index >= 15 is 0 Å². The summed E-state index contributed by atoms with van der Waals surface area (Å²) in [6.45, 7) is 2.43. The van der Waals surface area contributed by atoms with Crippen molar-refractivity contribution in [1.82, 2.24) is 4.90 Å². The molecule has 0 radical (unpaired) electrons. The van der Waals surface area contributed by atoms with Gasteiger partial charge in [-0.3, -0.25) is 0 Å². The number of rotatable bonds is 4. The molecular formula is C14H22IN3O2S. The van der Waals surface area contributed by atoms with Crippen molar-refractivity contribution in [2.24, 2.45) is 10.7 Å². The molecule has 0 unspecified atom stereocenters. The third kappa shape index (κ3) is 4.84. The molecule has 7 heteroatoms. The lowest BCUT2D eigenvalue weighted by Crippen LogP contribution is -2.42. The summed E-state index contributed by atoms with van der Waals surface area (Å²) in [5, 5.41) is 0. The maximum absolute atomic E-state index is 6.05. The second-order valence-corrected chi connectivity index (χ2v) is 5.65. The van der Waals surface area contributed by atoms with Gasteiger partial charge in [0.1, 0.15) is 0 Å². The summed E-state index contributed by atoms with van der Waals surface area (Å²) in [5.74, 6) is 4.27. The Labute approximate surface area is 147 Å². The van der Waals surface area contributed by atoms with Crippen molar-refractivity contribution in [2.45, 2.75) is 6.54 Å². The Kier molecular flexibility index (Phi) is 8.02. The lowest BCUT2D eigenvalue weighted by atomic mass is 10.2. The Morgan fingerprint density at radius 1 is 1.29 bits per heavy atom. The Morgan fingerprint density at radius 3 is 2.62 bits per heavy atom. The van der Waals surface area contributed by atoms with Crippen molar-refractivity contribution in [1.29, 1.82) is 0 Å². The van der Waals surface area contributed by atoms with Gasteiger partial charge >= 0.3 is 0 Å². The highest BCUT2D eigenvalue weighted by Crippen LogP contribution is 2.31. The first-order valence-electron chi connectivity index (χ1n) is 6.58. The van der Waals surface area contributed by atoms with Gasteiger partial charge in [0.25, 0.3) is 0 Å². The predicted molar refractivity (Wildman–Crippen MR) is 99.2 cm³/mol. The van der Waals surface area contributed by atoms with E-state index < -0.39 is 0 Å². The number of hydrogen-bond donors (Lipinski definition) is 1. The highest BCUT2D eigenvalue weighted by atomic mass is 127. The Bertz CT molecular complexity index is 479. The molecule has 1 aromatic rings. The van der Waals surface area contributed by atoms with E-state index in [2.05, 4.69) is 9.89 Å². The van der Waals surface area contributed by atoms with Crippen LogP contribution < -0.4 is 15.2 Å². The number of halogens is 1. The average molecular weight is 423 g/mol. The first-order valence-corrected chi connectivity index (χ1v) is 7.74. The molecule has 0 atom stereocenters. The molecule has 5 nitrogen and oxygen atoms in total. The number of guanidine groups is 1. The fourth-order valence-electron chi connectivity index (χ4n) is 2.14. The molecule has 1 saturated heterocycles. The van der Waals surface area contributed by atoms with Gasteiger partial charge in [0.2, 0.25) is 0 Å². The van der Waals surface area contributed by atoms with Crippen LogP contribution in [0.25, 0.3) is 0 Å². The summed E-state index contributed by atoms with van der Waals surface area (Å²) < 4.78 is 10.7. The first-order chi connectivity index (χ1) is 9.76. The van der Waals surface area contributed by atoms with Gasteiger partial charge in [-0.1, -0.05) is 12.1 Å². The molecule has 1 heterocycles. The van der Waals surface area contributed by atoms with Crippen molar-refractivity contribution in [3.63, 3.8) is 0 Å². The standard InChI is InChI=1S/C14H21N3O2S.HI/c1-18-12-5-3-4-11(13(12)19-2)10-16-14(15)17-6-8-20-9-7-17;/h3-5H,6-10H2,1-2H3,(H2,15,16);1H. The minimum absolute atomic E-state index is 0. The lowest BCUT2D eigenvalue weighted by Gasteiger charge is -2.27. The maximum atomic E-state index is 6.05. The maximum Gasteiger partial charge on any atom is 0.191 e. The van der Waals surface area contributed by atoms with Crippen LogP contribution in [-0.2, 0) is 6.54 Å². The summed E-state index contributed by atoms with van der Waals surface area (Å²) in [6, 6.07) is 5.78. The van der Waals surface area contributed by atoms with Gasteiger partial charge in [-0.05, 0) is 6.07 Å². The second kappa shape index (κ2) is 9.24. The molecule has 118 valence electrons. The van der Waals surface area contributed by atoms with Crippen LogP contribution in [0.5, 0.6) is 11.5 Å².